The molecule has 24 heavy (non-hydrogen) atoms. The average Bonchev–Trinajstić information content (AvgIpc) is 3.05. The highest BCUT2D eigenvalue weighted by atomic mass is 79.9. The van der Waals surface area contributed by atoms with E-state index in [9.17, 15) is 10.1 Å². The largest absolute Gasteiger partial charge is 0.356 e. The minimum absolute atomic E-state index is 0.00875. The zero-order valence-electron chi connectivity index (χ0n) is 13.6. The number of aromatic nitrogens is 4. The summed E-state index contributed by atoms with van der Waals surface area (Å²) in [5, 5.41) is 19.2. The molecular formula is C15H19BrN6O2. The molecule has 8 nitrogen and oxygen atoms in total. The van der Waals surface area contributed by atoms with E-state index in [-0.39, 0.29) is 5.69 Å². The molecule has 3 rings (SSSR count). The number of nitrogens with zero attached hydrogens (tertiary/aromatic N) is 6. The van der Waals surface area contributed by atoms with Crippen molar-refractivity contribution < 1.29 is 4.92 Å². The van der Waals surface area contributed by atoms with Crippen LogP contribution in [0.5, 0.6) is 0 Å². The van der Waals surface area contributed by atoms with E-state index in [1.54, 1.807) is 6.33 Å². The lowest BCUT2D eigenvalue weighted by atomic mass is 9.95. The van der Waals surface area contributed by atoms with Gasteiger partial charge in [-0.15, -0.1) is 10.2 Å². The first kappa shape index (κ1) is 16.8. The molecule has 0 unspecified atom stereocenters. The minimum Gasteiger partial charge on any atom is -0.356 e. The van der Waals surface area contributed by atoms with E-state index < -0.39 is 4.92 Å². The van der Waals surface area contributed by atoms with E-state index in [1.807, 2.05) is 0 Å². The Labute approximate surface area is 148 Å². The van der Waals surface area contributed by atoms with Crippen molar-refractivity contribution in [2.45, 2.75) is 38.6 Å². The summed E-state index contributed by atoms with van der Waals surface area (Å²) in [6.45, 7) is 5.91. The van der Waals surface area contributed by atoms with Gasteiger partial charge in [-0.25, -0.2) is 4.98 Å². The summed E-state index contributed by atoms with van der Waals surface area (Å²) in [6.07, 6.45) is 5.01. The van der Waals surface area contributed by atoms with Gasteiger partial charge in [-0.1, -0.05) is 0 Å². The van der Waals surface area contributed by atoms with Gasteiger partial charge in [-0.2, -0.15) is 0 Å². The molecule has 2 aromatic rings. The highest BCUT2D eigenvalue weighted by Crippen LogP contribution is 2.33. The summed E-state index contributed by atoms with van der Waals surface area (Å²) in [7, 11) is 0. The van der Waals surface area contributed by atoms with Crippen LogP contribution in [0.15, 0.2) is 23.1 Å². The van der Waals surface area contributed by atoms with Gasteiger partial charge in [0.25, 0.3) is 5.69 Å². The first-order valence-corrected chi connectivity index (χ1v) is 8.71. The van der Waals surface area contributed by atoms with Gasteiger partial charge in [0.15, 0.2) is 0 Å². The van der Waals surface area contributed by atoms with Crippen molar-refractivity contribution in [3.63, 3.8) is 0 Å². The highest BCUT2D eigenvalue weighted by Gasteiger charge is 2.27. The Morgan fingerprint density at radius 3 is 2.67 bits per heavy atom. The van der Waals surface area contributed by atoms with Crippen molar-refractivity contribution in [2.75, 3.05) is 18.0 Å². The third-order valence-corrected chi connectivity index (χ3v) is 4.92. The predicted molar refractivity (Wildman–Crippen MR) is 93.2 cm³/mol. The van der Waals surface area contributed by atoms with E-state index in [2.05, 4.69) is 54.4 Å². The summed E-state index contributed by atoms with van der Waals surface area (Å²) in [4.78, 5) is 16.8. The van der Waals surface area contributed by atoms with Gasteiger partial charge in [-0.3, -0.25) is 10.1 Å². The van der Waals surface area contributed by atoms with Crippen LogP contribution >= 0.6 is 15.9 Å². The van der Waals surface area contributed by atoms with Crippen molar-refractivity contribution >= 4 is 27.4 Å². The Morgan fingerprint density at radius 2 is 2.08 bits per heavy atom. The lowest BCUT2D eigenvalue weighted by molar-refractivity contribution is -0.385. The zero-order chi connectivity index (χ0) is 17.3. The van der Waals surface area contributed by atoms with Crippen LogP contribution < -0.4 is 4.90 Å². The number of hydrogen-bond acceptors (Lipinski definition) is 6. The summed E-state index contributed by atoms with van der Waals surface area (Å²) < 4.78 is 2.78. The van der Waals surface area contributed by atoms with Crippen molar-refractivity contribution in [2.24, 2.45) is 0 Å². The van der Waals surface area contributed by atoms with Crippen molar-refractivity contribution in [1.82, 2.24) is 19.7 Å². The Hall–Kier alpha value is -2.03. The lowest BCUT2D eigenvalue weighted by Crippen LogP contribution is -2.34. The molecule has 1 saturated heterocycles. The van der Waals surface area contributed by atoms with E-state index >= 15 is 0 Å². The number of halogens is 1. The zero-order valence-corrected chi connectivity index (χ0v) is 15.2. The average molecular weight is 395 g/mol. The van der Waals surface area contributed by atoms with Gasteiger partial charge in [0.1, 0.15) is 24.2 Å². The topological polar surface area (TPSA) is 90.0 Å². The molecule has 0 aliphatic carbocycles. The maximum absolute atomic E-state index is 10.8. The third kappa shape index (κ3) is 3.26. The molecule has 2 aromatic heterocycles. The second kappa shape index (κ2) is 6.84. The summed E-state index contributed by atoms with van der Waals surface area (Å²) in [5.41, 5.74) is -0.00875. The molecule has 0 bridgehead atoms. The molecule has 0 aromatic carbocycles. The van der Waals surface area contributed by atoms with E-state index in [1.165, 1.54) is 12.3 Å². The number of pyridine rings is 1. The van der Waals surface area contributed by atoms with Crippen molar-refractivity contribution in [1.29, 1.82) is 0 Å². The number of nitro groups is 1. The fraction of sp³-hybridized carbons (Fsp3) is 0.533. The van der Waals surface area contributed by atoms with Gasteiger partial charge in [-0.05, 0) is 42.6 Å². The van der Waals surface area contributed by atoms with E-state index in [4.69, 9.17) is 0 Å². The summed E-state index contributed by atoms with van der Waals surface area (Å²) in [6, 6.07) is 1.85. The molecule has 1 aliphatic rings. The Balaban J connectivity index is 1.71. The molecule has 1 aliphatic heterocycles. The van der Waals surface area contributed by atoms with Crippen LogP contribution in [0, 0.1) is 10.1 Å². The second-order valence-electron chi connectivity index (χ2n) is 6.21. The van der Waals surface area contributed by atoms with E-state index in [0.29, 0.717) is 16.4 Å². The van der Waals surface area contributed by atoms with Gasteiger partial charge >= 0.3 is 0 Å². The van der Waals surface area contributed by atoms with Crippen LogP contribution in [0.3, 0.4) is 0 Å². The van der Waals surface area contributed by atoms with Gasteiger partial charge < -0.3 is 9.47 Å². The molecule has 128 valence electrons. The van der Waals surface area contributed by atoms with Crippen LogP contribution in [0.1, 0.15) is 44.5 Å². The molecule has 0 N–H and O–H groups in total. The fourth-order valence-corrected chi connectivity index (χ4v) is 3.63. The predicted octanol–water partition coefficient (Wildman–Crippen LogP) is 3.31. The Bertz CT molecular complexity index is 739. The SMILES string of the molecule is CC(C)n1cnnc1C1CCN(c2ncc([N+](=O)[O-])cc2Br)CC1. The first-order valence-electron chi connectivity index (χ1n) is 7.91. The van der Waals surface area contributed by atoms with Crippen molar-refractivity contribution in [3.8, 4) is 0 Å². The van der Waals surface area contributed by atoms with Gasteiger partial charge in [0.2, 0.25) is 0 Å². The molecule has 0 saturated carbocycles. The molecule has 0 spiro atoms. The standard InChI is InChI=1S/C15H19BrN6O2/c1-10(2)21-9-18-19-14(21)11-3-5-20(6-4-11)15-13(16)7-12(8-17-15)22(23)24/h7-11H,3-6H2,1-2H3. The van der Waals surface area contributed by atoms with Crippen molar-refractivity contribution in [3.05, 3.63) is 39.0 Å². The fourth-order valence-electron chi connectivity index (χ4n) is 3.04. The third-order valence-electron chi connectivity index (χ3n) is 4.33. The quantitative estimate of drug-likeness (QED) is 0.583. The van der Waals surface area contributed by atoms with Crippen LogP contribution in [-0.4, -0.2) is 37.8 Å². The first-order chi connectivity index (χ1) is 11.5. The van der Waals surface area contributed by atoms with Gasteiger partial charge in [0.05, 0.1) is 9.40 Å². The number of anilines is 1. The van der Waals surface area contributed by atoms with Crippen LogP contribution in [0.4, 0.5) is 11.5 Å². The molecule has 3 heterocycles. The maximum atomic E-state index is 10.8. The van der Waals surface area contributed by atoms with E-state index in [0.717, 1.165) is 37.6 Å². The smallest absolute Gasteiger partial charge is 0.288 e. The molecular weight excluding hydrogens is 376 g/mol. The molecule has 1 fully saturated rings. The molecule has 0 amide bonds. The normalized spacial score (nSPS) is 15.9. The number of hydrogen-bond donors (Lipinski definition) is 0. The minimum atomic E-state index is -0.438. The molecule has 0 radical (unpaired) electrons. The highest BCUT2D eigenvalue weighted by molar-refractivity contribution is 9.10. The molecule has 9 heteroatoms. The van der Waals surface area contributed by atoms with Crippen LogP contribution in [-0.2, 0) is 0 Å². The Morgan fingerprint density at radius 1 is 1.38 bits per heavy atom. The Kier molecular flexibility index (Phi) is 4.79. The summed E-state index contributed by atoms with van der Waals surface area (Å²) in [5.74, 6) is 2.17. The molecule has 0 atom stereocenters. The summed E-state index contributed by atoms with van der Waals surface area (Å²) >= 11 is 3.40. The second-order valence-corrected chi connectivity index (χ2v) is 7.06. The lowest BCUT2D eigenvalue weighted by Gasteiger charge is -2.33. The maximum Gasteiger partial charge on any atom is 0.288 e. The van der Waals surface area contributed by atoms with Crippen LogP contribution in [0.25, 0.3) is 0 Å². The number of rotatable bonds is 4. The monoisotopic (exact) mass is 394 g/mol. The number of piperidine rings is 1. The van der Waals surface area contributed by atoms with Crippen LogP contribution in [0.2, 0.25) is 0 Å². The van der Waals surface area contributed by atoms with Gasteiger partial charge in [0, 0.05) is 31.1 Å².